The summed E-state index contributed by atoms with van der Waals surface area (Å²) < 4.78 is 0. The van der Waals surface area contributed by atoms with Crippen molar-refractivity contribution in [1.29, 1.82) is 0 Å². The largest absolute Gasteiger partial charge is 0.478 e. The van der Waals surface area contributed by atoms with Crippen molar-refractivity contribution in [3.8, 4) is 11.1 Å². The monoisotopic (exact) mass is 610 g/mol. The van der Waals surface area contributed by atoms with Crippen LogP contribution in [0, 0.1) is 18.8 Å². The minimum atomic E-state index is -1.03. The number of hydrogen-bond donors (Lipinski definition) is 4. The van der Waals surface area contributed by atoms with Crippen molar-refractivity contribution >= 4 is 57.5 Å². The minimum Gasteiger partial charge on any atom is -0.478 e. The topological polar surface area (TPSA) is 136 Å². The molecule has 210 valence electrons. The van der Waals surface area contributed by atoms with E-state index in [1.165, 1.54) is 0 Å². The molecule has 6 rings (SSSR count). The number of amides is 1. The number of aromatic amines is 1. The van der Waals surface area contributed by atoms with E-state index in [0.717, 1.165) is 28.0 Å². The number of aromatic nitrogens is 2. The van der Waals surface area contributed by atoms with Crippen LogP contribution in [-0.4, -0.2) is 57.2 Å². The van der Waals surface area contributed by atoms with Crippen molar-refractivity contribution in [2.45, 2.75) is 19.4 Å². The first-order valence-corrected chi connectivity index (χ1v) is 14.4. The van der Waals surface area contributed by atoms with E-state index < -0.39 is 11.9 Å². The van der Waals surface area contributed by atoms with Crippen molar-refractivity contribution in [2.24, 2.45) is 11.8 Å². The molecule has 1 aliphatic heterocycles. The molecular weight excluding hydrogens is 587 g/mol. The summed E-state index contributed by atoms with van der Waals surface area (Å²) in [7, 11) is 0. The Bertz CT molecular complexity index is 1700. The van der Waals surface area contributed by atoms with Crippen LogP contribution in [0.15, 0.2) is 48.5 Å². The standard InChI is InChI=1S/C29H24Cl2N4O5S/c1-13-21(30)22(31)24(32-13)26(36)34-23-18-11-35(12-19(18)23)29-33-20(25(41-29)28(39)40)9-14-4-2-5-15(8-14)16-6-3-7-17(10-16)27(37)38/h2-8,10,18-19,23,32H,9,11-12H2,1H3,(H,34,36)(H,37,38)(H,39,40)/t18-,19+,23?. The maximum atomic E-state index is 12.7. The molecule has 4 aromatic rings. The summed E-state index contributed by atoms with van der Waals surface area (Å²) in [5, 5.41) is 23.5. The van der Waals surface area contributed by atoms with E-state index in [-0.39, 0.29) is 44.9 Å². The van der Waals surface area contributed by atoms with E-state index in [2.05, 4.69) is 15.2 Å². The molecule has 2 aromatic heterocycles. The molecule has 3 heterocycles. The van der Waals surface area contributed by atoms with Crippen LogP contribution in [0.2, 0.25) is 10.0 Å². The third-order valence-corrected chi connectivity index (χ3v) is 9.76. The van der Waals surface area contributed by atoms with Crippen molar-refractivity contribution in [3.05, 3.63) is 91.7 Å². The van der Waals surface area contributed by atoms with Gasteiger partial charge in [-0.25, -0.2) is 14.6 Å². The number of nitrogens with one attached hydrogen (secondary N) is 2. The Morgan fingerprint density at radius 2 is 1.71 bits per heavy atom. The second-order valence-electron chi connectivity index (χ2n) is 10.3. The third-order valence-electron chi connectivity index (χ3n) is 7.66. The van der Waals surface area contributed by atoms with Gasteiger partial charge in [0.1, 0.15) is 10.6 Å². The highest BCUT2D eigenvalue weighted by atomic mass is 35.5. The van der Waals surface area contributed by atoms with Crippen LogP contribution in [0.25, 0.3) is 11.1 Å². The van der Waals surface area contributed by atoms with Crippen molar-refractivity contribution in [1.82, 2.24) is 15.3 Å². The molecule has 1 unspecified atom stereocenters. The molecule has 1 saturated carbocycles. The molecule has 1 amide bonds. The number of carboxylic acids is 2. The Morgan fingerprint density at radius 1 is 1.02 bits per heavy atom. The van der Waals surface area contributed by atoms with Gasteiger partial charge in [-0.15, -0.1) is 0 Å². The number of aromatic carboxylic acids is 2. The number of thiazole rings is 1. The Balaban J connectivity index is 1.14. The summed E-state index contributed by atoms with van der Waals surface area (Å²) in [6.07, 6.45) is 0.322. The Labute approximate surface area is 248 Å². The number of benzene rings is 2. The molecule has 4 N–H and O–H groups in total. The first kappa shape index (κ1) is 27.3. The molecule has 0 bridgehead atoms. The van der Waals surface area contributed by atoms with Gasteiger partial charge in [-0.05, 0) is 35.7 Å². The van der Waals surface area contributed by atoms with Gasteiger partial charge in [0.15, 0.2) is 5.13 Å². The number of carbonyl (C=O) groups is 3. The van der Waals surface area contributed by atoms with E-state index in [1.54, 1.807) is 25.1 Å². The minimum absolute atomic E-state index is 0.0120. The number of anilines is 1. The second-order valence-corrected chi connectivity index (χ2v) is 12.1. The van der Waals surface area contributed by atoms with Gasteiger partial charge in [0.25, 0.3) is 5.91 Å². The lowest BCUT2D eigenvalue weighted by molar-refractivity contribution is 0.0688. The Hall–Kier alpha value is -3.86. The second kappa shape index (κ2) is 10.5. The summed E-state index contributed by atoms with van der Waals surface area (Å²) in [6, 6.07) is 14.3. The van der Waals surface area contributed by atoms with Crippen LogP contribution in [0.5, 0.6) is 0 Å². The molecule has 2 aromatic carbocycles. The zero-order chi connectivity index (χ0) is 29.0. The van der Waals surface area contributed by atoms with E-state index in [0.29, 0.717) is 41.1 Å². The molecule has 12 heteroatoms. The number of halogens is 2. The quantitative estimate of drug-likeness (QED) is 0.204. The fraction of sp³-hybridized carbons (Fsp3) is 0.241. The Morgan fingerprint density at radius 3 is 2.34 bits per heavy atom. The number of aryl methyl sites for hydroxylation is 1. The number of carbonyl (C=O) groups excluding carboxylic acids is 1. The lowest BCUT2D eigenvalue weighted by Crippen LogP contribution is -2.34. The summed E-state index contributed by atoms with van der Waals surface area (Å²) >= 11 is 13.4. The SMILES string of the molecule is Cc1[nH]c(C(=O)NC2[C@H]3CN(c4nc(Cc5cccc(-c6cccc(C(=O)O)c6)c5)c(C(=O)O)s4)C[C@@H]23)c(Cl)c1Cl. The number of H-pyrrole nitrogens is 1. The molecule has 0 spiro atoms. The number of fused-ring (bicyclic) bond motifs is 1. The number of nitrogens with zero attached hydrogens (tertiary/aromatic N) is 2. The van der Waals surface area contributed by atoms with Gasteiger partial charge in [0.05, 0.1) is 21.3 Å². The maximum Gasteiger partial charge on any atom is 0.347 e. The van der Waals surface area contributed by atoms with Crippen LogP contribution in [0.3, 0.4) is 0 Å². The van der Waals surface area contributed by atoms with Crippen LogP contribution < -0.4 is 10.2 Å². The van der Waals surface area contributed by atoms with Crippen LogP contribution in [0.1, 0.15) is 47.5 Å². The first-order chi connectivity index (χ1) is 19.6. The zero-order valence-electron chi connectivity index (χ0n) is 21.6. The summed E-state index contributed by atoms with van der Waals surface area (Å²) in [4.78, 5) is 46.1. The van der Waals surface area contributed by atoms with Gasteiger partial charge in [-0.1, -0.05) is 70.9 Å². The van der Waals surface area contributed by atoms with Crippen molar-refractivity contribution in [2.75, 3.05) is 18.0 Å². The van der Waals surface area contributed by atoms with Gasteiger partial charge in [-0.2, -0.15) is 0 Å². The molecule has 41 heavy (non-hydrogen) atoms. The van der Waals surface area contributed by atoms with E-state index >= 15 is 0 Å². The van der Waals surface area contributed by atoms with Gasteiger partial charge in [0.2, 0.25) is 0 Å². The summed E-state index contributed by atoms with van der Waals surface area (Å²) in [5.41, 5.74) is 4.04. The highest BCUT2D eigenvalue weighted by Gasteiger charge is 2.57. The van der Waals surface area contributed by atoms with E-state index in [9.17, 15) is 24.6 Å². The highest BCUT2D eigenvalue weighted by Crippen LogP contribution is 2.48. The van der Waals surface area contributed by atoms with Gasteiger partial charge < -0.3 is 25.4 Å². The van der Waals surface area contributed by atoms with Crippen molar-refractivity contribution < 1.29 is 24.6 Å². The molecule has 0 radical (unpaired) electrons. The average molecular weight is 612 g/mol. The van der Waals surface area contributed by atoms with Crippen LogP contribution >= 0.6 is 34.5 Å². The predicted octanol–water partition coefficient (Wildman–Crippen LogP) is 5.61. The predicted molar refractivity (Wildman–Crippen MR) is 157 cm³/mol. The number of hydrogen-bond acceptors (Lipinski definition) is 6. The molecule has 9 nitrogen and oxygen atoms in total. The van der Waals surface area contributed by atoms with Crippen LogP contribution in [0.4, 0.5) is 5.13 Å². The molecule has 2 aliphatic rings. The number of piperidine rings is 1. The highest BCUT2D eigenvalue weighted by molar-refractivity contribution is 7.17. The lowest BCUT2D eigenvalue weighted by Gasteiger charge is -2.19. The average Bonchev–Trinajstić information content (AvgIpc) is 3.30. The van der Waals surface area contributed by atoms with Crippen molar-refractivity contribution in [3.63, 3.8) is 0 Å². The Kier molecular flexibility index (Phi) is 7.01. The third kappa shape index (κ3) is 5.18. The van der Waals surface area contributed by atoms with Gasteiger partial charge in [-0.3, -0.25) is 4.79 Å². The van der Waals surface area contributed by atoms with Gasteiger partial charge in [0, 0.05) is 43.1 Å². The summed E-state index contributed by atoms with van der Waals surface area (Å²) in [5.74, 6) is -1.84. The molecule has 1 aliphatic carbocycles. The van der Waals surface area contributed by atoms with E-state index in [1.807, 2.05) is 30.3 Å². The molecule has 3 atom stereocenters. The number of rotatable bonds is 8. The zero-order valence-corrected chi connectivity index (χ0v) is 24.0. The number of carboxylic acid groups (broad SMARTS) is 2. The fourth-order valence-electron chi connectivity index (χ4n) is 5.50. The molecule has 1 saturated heterocycles. The van der Waals surface area contributed by atoms with E-state index in [4.69, 9.17) is 28.2 Å². The summed E-state index contributed by atoms with van der Waals surface area (Å²) in [6.45, 7) is 3.07. The normalized spacial score (nSPS) is 19.2. The van der Waals surface area contributed by atoms with Gasteiger partial charge >= 0.3 is 11.9 Å². The first-order valence-electron chi connectivity index (χ1n) is 12.9. The molecule has 2 fully saturated rings. The van der Waals surface area contributed by atoms with Crippen LogP contribution in [-0.2, 0) is 6.42 Å². The molecular formula is C29H24Cl2N4O5S. The maximum absolute atomic E-state index is 12.7. The smallest absolute Gasteiger partial charge is 0.347 e. The lowest BCUT2D eigenvalue weighted by atomic mass is 9.99. The fourth-order valence-corrected chi connectivity index (χ4v) is 6.85.